The van der Waals surface area contributed by atoms with Crippen molar-refractivity contribution in [3.05, 3.63) is 95.1 Å². The molecule has 4 N–H and O–H groups in total. The molecular weight excluding hydrogens is 484 g/mol. The van der Waals surface area contributed by atoms with Gasteiger partial charge in [-0.15, -0.1) is 0 Å². The highest BCUT2D eigenvalue weighted by Gasteiger charge is 2.15. The molecule has 0 spiro atoms. The van der Waals surface area contributed by atoms with Crippen molar-refractivity contribution in [1.29, 1.82) is 0 Å². The molecule has 38 heavy (non-hydrogen) atoms. The van der Waals surface area contributed by atoms with Gasteiger partial charge in [0.25, 0.3) is 0 Å². The number of carbonyl (C=O) groups is 2. The number of hydrogen-bond acceptors (Lipinski definition) is 6. The maximum absolute atomic E-state index is 11.7. The maximum atomic E-state index is 11.7. The minimum absolute atomic E-state index is 0.161. The van der Waals surface area contributed by atoms with Crippen LogP contribution in [0.5, 0.6) is 11.5 Å². The van der Waals surface area contributed by atoms with E-state index >= 15 is 0 Å². The Bertz CT molecular complexity index is 1410. The lowest BCUT2D eigenvalue weighted by atomic mass is 10.0. The van der Waals surface area contributed by atoms with E-state index in [0.29, 0.717) is 34.2 Å². The summed E-state index contributed by atoms with van der Waals surface area (Å²) in [4.78, 5) is 23.3. The highest BCUT2D eigenvalue weighted by atomic mass is 16.5. The smallest absolute Gasteiger partial charge is 0.337 e. The summed E-state index contributed by atoms with van der Waals surface area (Å²) in [5.74, 6) is -0.977. The van der Waals surface area contributed by atoms with E-state index in [-0.39, 0.29) is 11.1 Å². The van der Waals surface area contributed by atoms with Gasteiger partial charge in [-0.1, -0.05) is 24.3 Å². The van der Waals surface area contributed by atoms with Gasteiger partial charge in [-0.25, -0.2) is 9.59 Å². The number of carboxylic acids is 2. The van der Waals surface area contributed by atoms with E-state index in [9.17, 15) is 19.8 Å². The Morgan fingerprint density at radius 1 is 0.579 bits per heavy atom. The third-order valence-electron chi connectivity index (χ3n) is 6.09. The lowest BCUT2D eigenvalue weighted by Gasteiger charge is -2.17. The van der Waals surface area contributed by atoms with Crippen molar-refractivity contribution in [2.75, 3.05) is 24.9 Å². The van der Waals surface area contributed by atoms with E-state index in [0.717, 1.165) is 22.3 Å². The predicted octanol–water partition coefficient (Wildman–Crippen LogP) is 6.87. The molecule has 0 aromatic heterocycles. The molecule has 4 aromatic carbocycles. The van der Waals surface area contributed by atoms with Gasteiger partial charge in [0.15, 0.2) is 0 Å². The lowest BCUT2D eigenvalue weighted by molar-refractivity contribution is 0.0687. The highest BCUT2D eigenvalue weighted by molar-refractivity contribution is 5.96. The second kappa shape index (κ2) is 11.0. The Labute approximate surface area is 220 Å². The van der Waals surface area contributed by atoms with Crippen molar-refractivity contribution in [3.8, 4) is 22.6 Å². The van der Waals surface area contributed by atoms with Gasteiger partial charge in [-0.05, 0) is 84.6 Å². The maximum Gasteiger partial charge on any atom is 0.337 e. The van der Waals surface area contributed by atoms with Crippen molar-refractivity contribution in [1.82, 2.24) is 0 Å². The van der Waals surface area contributed by atoms with Crippen molar-refractivity contribution in [2.45, 2.75) is 13.8 Å². The van der Waals surface area contributed by atoms with Crippen molar-refractivity contribution < 1.29 is 29.3 Å². The molecule has 0 aliphatic heterocycles. The number of benzene rings is 4. The molecule has 0 amide bonds. The zero-order valence-corrected chi connectivity index (χ0v) is 21.5. The summed E-state index contributed by atoms with van der Waals surface area (Å²) in [6, 6.07) is 21.3. The Morgan fingerprint density at radius 2 is 0.974 bits per heavy atom. The van der Waals surface area contributed by atoms with Gasteiger partial charge in [0.2, 0.25) is 0 Å². The summed E-state index contributed by atoms with van der Waals surface area (Å²) in [6.45, 7) is 3.79. The Kier molecular flexibility index (Phi) is 7.53. The normalized spacial score (nSPS) is 10.5. The van der Waals surface area contributed by atoms with Crippen LogP contribution in [0.1, 0.15) is 31.8 Å². The topological polar surface area (TPSA) is 117 Å². The van der Waals surface area contributed by atoms with Crippen molar-refractivity contribution in [3.63, 3.8) is 0 Å². The zero-order chi connectivity index (χ0) is 27.4. The SMILES string of the molecule is COc1cc(-c2ccc(Nc3cc(C)ccc3C(=O)O)c(OC)c2)ccc1Nc1cc(C)ccc1C(=O)O. The van der Waals surface area contributed by atoms with E-state index in [1.165, 1.54) is 0 Å². The number of aromatic carboxylic acids is 2. The minimum atomic E-state index is -1.02. The number of anilines is 4. The van der Waals surface area contributed by atoms with Gasteiger partial charge in [0.05, 0.1) is 48.1 Å². The summed E-state index contributed by atoms with van der Waals surface area (Å²) in [5.41, 5.74) is 6.05. The lowest BCUT2D eigenvalue weighted by Crippen LogP contribution is -2.04. The van der Waals surface area contributed by atoms with Crippen LogP contribution in [-0.2, 0) is 0 Å². The van der Waals surface area contributed by atoms with E-state index in [2.05, 4.69) is 10.6 Å². The number of rotatable bonds is 9. The molecule has 8 heteroatoms. The monoisotopic (exact) mass is 512 g/mol. The third kappa shape index (κ3) is 5.54. The first kappa shape index (κ1) is 26.1. The fourth-order valence-corrected chi connectivity index (χ4v) is 4.13. The summed E-state index contributed by atoms with van der Waals surface area (Å²) in [6.07, 6.45) is 0. The average Bonchev–Trinajstić information content (AvgIpc) is 2.89. The fourth-order valence-electron chi connectivity index (χ4n) is 4.13. The number of nitrogens with one attached hydrogen (secondary N) is 2. The summed E-state index contributed by atoms with van der Waals surface area (Å²) in [7, 11) is 3.10. The van der Waals surface area contributed by atoms with Gasteiger partial charge in [0.1, 0.15) is 11.5 Å². The molecule has 0 atom stereocenters. The van der Waals surface area contributed by atoms with Crippen LogP contribution in [0.2, 0.25) is 0 Å². The number of hydrogen-bond donors (Lipinski definition) is 4. The largest absolute Gasteiger partial charge is 0.495 e. The minimum Gasteiger partial charge on any atom is -0.495 e. The number of carboxylic acid groups (broad SMARTS) is 2. The molecule has 0 fully saturated rings. The second-order valence-corrected chi connectivity index (χ2v) is 8.79. The van der Waals surface area contributed by atoms with Crippen LogP contribution >= 0.6 is 0 Å². The van der Waals surface area contributed by atoms with Crippen molar-refractivity contribution >= 4 is 34.7 Å². The molecule has 0 aliphatic rings. The quantitative estimate of drug-likeness (QED) is 0.192. The number of methoxy groups -OCH3 is 2. The van der Waals surface area contributed by atoms with Gasteiger partial charge >= 0.3 is 11.9 Å². The van der Waals surface area contributed by atoms with Crippen LogP contribution in [0.25, 0.3) is 11.1 Å². The fraction of sp³-hybridized carbons (Fsp3) is 0.133. The first-order valence-electron chi connectivity index (χ1n) is 11.8. The van der Waals surface area contributed by atoms with Crippen LogP contribution in [0.4, 0.5) is 22.7 Å². The molecule has 0 aliphatic carbocycles. The predicted molar refractivity (Wildman–Crippen MR) is 148 cm³/mol. The first-order chi connectivity index (χ1) is 18.2. The zero-order valence-electron chi connectivity index (χ0n) is 21.5. The molecule has 4 aromatic rings. The van der Waals surface area contributed by atoms with Gasteiger partial charge in [-0.3, -0.25) is 0 Å². The average molecular weight is 513 g/mol. The van der Waals surface area contributed by atoms with Crippen LogP contribution in [0, 0.1) is 13.8 Å². The molecule has 0 saturated carbocycles. The van der Waals surface area contributed by atoms with E-state index < -0.39 is 11.9 Å². The molecule has 0 saturated heterocycles. The van der Waals surface area contributed by atoms with E-state index in [1.54, 1.807) is 50.6 Å². The third-order valence-corrected chi connectivity index (χ3v) is 6.09. The van der Waals surface area contributed by atoms with Gasteiger partial charge in [0, 0.05) is 0 Å². The molecule has 0 unspecified atom stereocenters. The Balaban J connectivity index is 1.66. The molecule has 194 valence electrons. The number of aryl methyl sites for hydroxylation is 2. The number of ether oxygens (including phenoxy) is 2. The molecule has 0 heterocycles. The first-order valence-corrected chi connectivity index (χ1v) is 11.8. The second-order valence-electron chi connectivity index (χ2n) is 8.79. The van der Waals surface area contributed by atoms with Crippen LogP contribution < -0.4 is 20.1 Å². The summed E-state index contributed by atoms with van der Waals surface area (Å²) < 4.78 is 11.2. The molecule has 0 radical (unpaired) electrons. The standard InChI is InChI=1S/C30H28N2O6/c1-17-5-9-21(29(33)34)25(13-17)31-23-11-7-19(15-27(23)37-3)20-8-12-24(28(16-20)38-4)32-26-14-18(2)6-10-22(26)30(35)36/h5-16,31-32H,1-4H3,(H,33,34)(H,35,36). The van der Waals surface area contributed by atoms with Crippen molar-refractivity contribution in [2.24, 2.45) is 0 Å². The highest BCUT2D eigenvalue weighted by Crippen LogP contribution is 2.37. The molecule has 4 rings (SSSR count). The van der Waals surface area contributed by atoms with Gasteiger partial charge < -0.3 is 30.3 Å². The summed E-state index contributed by atoms with van der Waals surface area (Å²) >= 11 is 0. The van der Waals surface area contributed by atoms with Crippen LogP contribution in [0.15, 0.2) is 72.8 Å². The van der Waals surface area contributed by atoms with Crippen LogP contribution in [0.3, 0.4) is 0 Å². The van der Waals surface area contributed by atoms with Gasteiger partial charge in [-0.2, -0.15) is 0 Å². The Morgan fingerprint density at radius 3 is 1.32 bits per heavy atom. The van der Waals surface area contributed by atoms with Crippen LogP contribution in [-0.4, -0.2) is 36.4 Å². The Hall–Kier alpha value is -4.98. The molecular formula is C30H28N2O6. The molecule has 8 nitrogen and oxygen atoms in total. The molecule has 0 bridgehead atoms. The van der Waals surface area contributed by atoms with E-state index in [4.69, 9.17) is 9.47 Å². The summed E-state index contributed by atoms with van der Waals surface area (Å²) in [5, 5.41) is 25.5. The van der Waals surface area contributed by atoms with E-state index in [1.807, 2.05) is 50.2 Å².